The van der Waals surface area contributed by atoms with Gasteiger partial charge in [-0.2, -0.15) is 5.10 Å². The third-order valence-corrected chi connectivity index (χ3v) is 4.83. The van der Waals surface area contributed by atoms with Gasteiger partial charge in [-0.1, -0.05) is 0 Å². The Morgan fingerprint density at radius 3 is 2.86 bits per heavy atom. The van der Waals surface area contributed by atoms with E-state index in [0.717, 1.165) is 37.1 Å². The zero-order valence-corrected chi connectivity index (χ0v) is 13.4. The van der Waals surface area contributed by atoms with E-state index in [1.807, 2.05) is 18.7 Å². The molecule has 0 saturated carbocycles. The minimum Gasteiger partial charge on any atom is -0.369 e. The van der Waals surface area contributed by atoms with E-state index in [9.17, 15) is 4.79 Å². The molecule has 0 unspecified atom stereocenters. The number of amides is 1. The molecular formula is C16H25N3O2. The molecule has 0 bridgehead atoms. The van der Waals surface area contributed by atoms with Crippen LogP contribution < -0.4 is 0 Å². The number of hydrogen-bond acceptors (Lipinski definition) is 3. The van der Waals surface area contributed by atoms with Crippen LogP contribution in [0.1, 0.15) is 74.8 Å². The fourth-order valence-corrected chi connectivity index (χ4v) is 3.62. The standard InChI is InChI=1S/C16H25N3O2/c1-10-9-12-13(11(2)21-10)17-18-14(12)15(20)19-8-6-5-7-16(19,3)4/h10-11H,5-9H2,1-4H3,(H,17,18)/t10-,11+/m1/s1. The SMILES string of the molecule is C[C@@H]1Cc2c(C(=O)N3CCCCC3(C)C)n[nH]c2[C@H](C)O1. The number of fused-ring (bicyclic) bond motifs is 1. The Kier molecular flexibility index (Phi) is 3.56. The predicted molar refractivity (Wildman–Crippen MR) is 80.2 cm³/mol. The maximum absolute atomic E-state index is 13.0. The van der Waals surface area contributed by atoms with Crippen molar-refractivity contribution in [3.8, 4) is 0 Å². The number of carbonyl (C=O) groups is 1. The summed E-state index contributed by atoms with van der Waals surface area (Å²) in [5.41, 5.74) is 2.53. The van der Waals surface area contributed by atoms with Gasteiger partial charge in [0.05, 0.1) is 17.9 Å². The van der Waals surface area contributed by atoms with Crippen molar-refractivity contribution in [2.24, 2.45) is 0 Å². The molecule has 1 aromatic heterocycles. The second-order valence-corrected chi connectivity index (χ2v) is 6.98. The summed E-state index contributed by atoms with van der Waals surface area (Å²) >= 11 is 0. The van der Waals surface area contributed by atoms with Gasteiger partial charge in [-0.25, -0.2) is 0 Å². The van der Waals surface area contributed by atoms with Gasteiger partial charge in [-0.05, 0) is 47.0 Å². The van der Waals surface area contributed by atoms with Gasteiger partial charge in [0.1, 0.15) is 0 Å². The maximum atomic E-state index is 13.0. The molecule has 0 spiro atoms. The van der Waals surface area contributed by atoms with E-state index in [4.69, 9.17) is 4.74 Å². The fourth-order valence-electron chi connectivity index (χ4n) is 3.62. The van der Waals surface area contributed by atoms with Crippen LogP contribution in [0.2, 0.25) is 0 Å². The van der Waals surface area contributed by atoms with E-state index >= 15 is 0 Å². The van der Waals surface area contributed by atoms with Gasteiger partial charge in [0.25, 0.3) is 5.91 Å². The molecule has 0 radical (unpaired) electrons. The molecule has 3 rings (SSSR count). The van der Waals surface area contributed by atoms with Crippen molar-refractivity contribution in [3.05, 3.63) is 17.0 Å². The topological polar surface area (TPSA) is 58.2 Å². The highest BCUT2D eigenvalue weighted by molar-refractivity contribution is 5.94. The number of likely N-dealkylation sites (tertiary alicyclic amines) is 1. The summed E-state index contributed by atoms with van der Waals surface area (Å²) in [5.74, 6) is 0.0681. The van der Waals surface area contributed by atoms with Crippen LogP contribution in [0.5, 0.6) is 0 Å². The highest BCUT2D eigenvalue weighted by Crippen LogP contribution is 2.33. The van der Waals surface area contributed by atoms with E-state index in [0.29, 0.717) is 5.69 Å². The van der Waals surface area contributed by atoms with Gasteiger partial charge in [0, 0.05) is 24.1 Å². The quantitative estimate of drug-likeness (QED) is 0.865. The molecule has 1 fully saturated rings. The molecule has 116 valence electrons. The summed E-state index contributed by atoms with van der Waals surface area (Å²) in [7, 11) is 0. The predicted octanol–water partition coefficient (Wildman–Crippen LogP) is 2.84. The minimum absolute atomic E-state index is 0.0211. The van der Waals surface area contributed by atoms with Crippen LogP contribution in [0.4, 0.5) is 0 Å². The van der Waals surface area contributed by atoms with Crippen molar-refractivity contribution in [3.63, 3.8) is 0 Å². The summed E-state index contributed by atoms with van der Waals surface area (Å²) in [5, 5.41) is 7.35. The van der Waals surface area contributed by atoms with Crippen molar-refractivity contribution in [2.75, 3.05) is 6.54 Å². The van der Waals surface area contributed by atoms with Crippen LogP contribution in [0.15, 0.2) is 0 Å². The molecule has 5 heteroatoms. The number of H-pyrrole nitrogens is 1. The van der Waals surface area contributed by atoms with E-state index in [-0.39, 0.29) is 23.7 Å². The molecule has 2 aliphatic rings. The minimum atomic E-state index is -0.0798. The van der Waals surface area contributed by atoms with Crippen LogP contribution >= 0.6 is 0 Å². The smallest absolute Gasteiger partial charge is 0.275 e. The van der Waals surface area contributed by atoms with Crippen molar-refractivity contribution in [2.45, 2.75) is 71.1 Å². The monoisotopic (exact) mass is 291 g/mol. The van der Waals surface area contributed by atoms with Gasteiger partial charge in [-0.15, -0.1) is 0 Å². The van der Waals surface area contributed by atoms with E-state index in [1.165, 1.54) is 6.42 Å². The van der Waals surface area contributed by atoms with Crippen LogP contribution in [0, 0.1) is 0 Å². The summed E-state index contributed by atoms with van der Waals surface area (Å²) in [6, 6.07) is 0. The lowest BCUT2D eigenvalue weighted by Gasteiger charge is -2.42. The van der Waals surface area contributed by atoms with Gasteiger partial charge in [0.2, 0.25) is 0 Å². The molecule has 1 aromatic rings. The Balaban J connectivity index is 1.92. The van der Waals surface area contributed by atoms with E-state index in [1.54, 1.807) is 0 Å². The van der Waals surface area contributed by atoms with Gasteiger partial charge >= 0.3 is 0 Å². The molecule has 1 amide bonds. The van der Waals surface area contributed by atoms with Gasteiger partial charge in [-0.3, -0.25) is 9.89 Å². The van der Waals surface area contributed by atoms with Crippen LogP contribution in [-0.2, 0) is 11.2 Å². The number of hydrogen-bond donors (Lipinski definition) is 1. The molecule has 0 aliphatic carbocycles. The van der Waals surface area contributed by atoms with Crippen molar-refractivity contribution < 1.29 is 9.53 Å². The number of ether oxygens (including phenoxy) is 1. The van der Waals surface area contributed by atoms with E-state index < -0.39 is 0 Å². The highest BCUT2D eigenvalue weighted by atomic mass is 16.5. The molecule has 21 heavy (non-hydrogen) atoms. The number of piperidine rings is 1. The number of aromatic amines is 1. The van der Waals surface area contributed by atoms with Crippen molar-refractivity contribution in [1.82, 2.24) is 15.1 Å². The Hall–Kier alpha value is -1.36. The Morgan fingerprint density at radius 2 is 2.14 bits per heavy atom. The third-order valence-electron chi connectivity index (χ3n) is 4.83. The third kappa shape index (κ3) is 2.48. The first-order valence-corrected chi connectivity index (χ1v) is 7.94. The number of carbonyl (C=O) groups excluding carboxylic acids is 1. The largest absolute Gasteiger partial charge is 0.369 e. The fraction of sp³-hybridized carbons (Fsp3) is 0.750. The summed E-state index contributed by atoms with van der Waals surface area (Å²) in [6.45, 7) is 9.18. The molecular weight excluding hydrogens is 266 g/mol. The molecule has 0 aromatic carbocycles. The maximum Gasteiger partial charge on any atom is 0.275 e. The lowest BCUT2D eigenvalue weighted by atomic mass is 9.89. The van der Waals surface area contributed by atoms with Crippen molar-refractivity contribution >= 4 is 5.91 Å². The molecule has 2 atom stereocenters. The Bertz CT molecular complexity index is 550. The first-order valence-electron chi connectivity index (χ1n) is 7.94. The second-order valence-electron chi connectivity index (χ2n) is 6.98. The number of rotatable bonds is 1. The zero-order valence-electron chi connectivity index (χ0n) is 13.4. The Labute approximate surface area is 126 Å². The van der Waals surface area contributed by atoms with Crippen LogP contribution in [0.25, 0.3) is 0 Å². The zero-order chi connectivity index (χ0) is 15.2. The number of nitrogens with zero attached hydrogens (tertiary/aromatic N) is 2. The van der Waals surface area contributed by atoms with Crippen LogP contribution in [-0.4, -0.2) is 39.2 Å². The normalized spacial score (nSPS) is 28.3. The average Bonchev–Trinajstić information content (AvgIpc) is 2.81. The number of aromatic nitrogens is 2. The highest BCUT2D eigenvalue weighted by Gasteiger charge is 2.37. The lowest BCUT2D eigenvalue weighted by Crippen LogP contribution is -2.51. The molecule has 1 saturated heterocycles. The average molecular weight is 291 g/mol. The van der Waals surface area contributed by atoms with Crippen LogP contribution in [0.3, 0.4) is 0 Å². The molecule has 1 N–H and O–H groups in total. The summed E-state index contributed by atoms with van der Waals surface area (Å²) in [4.78, 5) is 15.0. The lowest BCUT2D eigenvalue weighted by molar-refractivity contribution is -0.00710. The number of nitrogens with one attached hydrogen (secondary N) is 1. The summed E-state index contributed by atoms with van der Waals surface area (Å²) in [6.07, 6.45) is 4.19. The van der Waals surface area contributed by atoms with E-state index in [2.05, 4.69) is 24.0 Å². The molecule has 2 aliphatic heterocycles. The van der Waals surface area contributed by atoms with Gasteiger partial charge in [0.15, 0.2) is 5.69 Å². The molecule has 5 nitrogen and oxygen atoms in total. The van der Waals surface area contributed by atoms with Gasteiger partial charge < -0.3 is 9.64 Å². The van der Waals surface area contributed by atoms with Crippen molar-refractivity contribution in [1.29, 1.82) is 0 Å². The first kappa shape index (κ1) is 14.6. The first-order chi connectivity index (χ1) is 9.90. The second kappa shape index (κ2) is 5.13. The molecule has 3 heterocycles. The Morgan fingerprint density at radius 1 is 1.38 bits per heavy atom. The summed E-state index contributed by atoms with van der Waals surface area (Å²) < 4.78 is 5.80.